The first-order chi connectivity index (χ1) is 12.2. The highest BCUT2D eigenvalue weighted by Crippen LogP contribution is 2.25. The minimum atomic E-state index is -0.603. The van der Waals surface area contributed by atoms with Gasteiger partial charge in [-0.2, -0.15) is 0 Å². The fraction of sp³-hybridized carbons (Fsp3) is 0.400. The number of halogens is 1. The maximum atomic E-state index is 13.0. The molecule has 0 bridgehead atoms. The largest absolute Gasteiger partial charge is 0.493 e. The van der Waals surface area contributed by atoms with Crippen molar-refractivity contribution in [1.82, 2.24) is 4.98 Å². The van der Waals surface area contributed by atoms with Gasteiger partial charge in [-0.05, 0) is 63.1 Å². The van der Waals surface area contributed by atoms with Crippen molar-refractivity contribution >= 4 is 11.8 Å². The number of rotatable bonds is 6. The highest BCUT2D eigenvalue weighted by molar-refractivity contribution is 5.96. The predicted octanol–water partition coefficient (Wildman–Crippen LogP) is 4.15. The Morgan fingerprint density at radius 2 is 1.88 bits per heavy atom. The van der Waals surface area contributed by atoms with Gasteiger partial charge in [0.2, 0.25) is 0 Å². The molecule has 0 saturated carbocycles. The van der Waals surface area contributed by atoms with Crippen molar-refractivity contribution in [3.05, 3.63) is 53.0 Å². The van der Waals surface area contributed by atoms with Gasteiger partial charge in [-0.1, -0.05) is 0 Å². The van der Waals surface area contributed by atoms with E-state index >= 15 is 0 Å². The molecule has 0 aliphatic rings. The lowest BCUT2D eigenvalue weighted by atomic mass is 10.0. The fourth-order valence-electron chi connectivity index (χ4n) is 2.51. The zero-order valence-electron chi connectivity index (χ0n) is 15.9. The van der Waals surface area contributed by atoms with Crippen molar-refractivity contribution in [2.24, 2.45) is 0 Å². The Hall–Kier alpha value is -2.63. The first-order valence-corrected chi connectivity index (χ1v) is 8.49. The highest BCUT2D eigenvalue weighted by atomic mass is 19.1. The summed E-state index contributed by atoms with van der Waals surface area (Å²) in [5.74, 6) is 0.315. The lowest BCUT2D eigenvalue weighted by Crippen LogP contribution is -2.26. The quantitative estimate of drug-likeness (QED) is 0.784. The number of hydrogen-bond donors (Lipinski definition) is 1. The number of nitrogens with one attached hydrogen (secondary N) is 1. The van der Waals surface area contributed by atoms with Gasteiger partial charge in [0.05, 0.1) is 6.61 Å². The lowest BCUT2D eigenvalue weighted by Gasteiger charge is -2.22. The summed E-state index contributed by atoms with van der Waals surface area (Å²) in [7, 11) is 1.71. The number of benzene rings is 1. The Kier molecular flexibility index (Phi) is 6.18. The van der Waals surface area contributed by atoms with Crippen LogP contribution >= 0.6 is 0 Å². The Balaban J connectivity index is 2.22. The summed E-state index contributed by atoms with van der Waals surface area (Å²) in [5.41, 5.74) is 1.52. The third-order valence-corrected chi connectivity index (χ3v) is 3.68. The van der Waals surface area contributed by atoms with E-state index in [9.17, 15) is 9.18 Å². The van der Waals surface area contributed by atoms with E-state index in [4.69, 9.17) is 9.47 Å². The average molecular weight is 360 g/mol. The van der Waals surface area contributed by atoms with E-state index in [1.54, 1.807) is 25.4 Å². The number of carbonyl (C=O) groups excluding carboxylic acids is 1. The lowest BCUT2D eigenvalue weighted by molar-refractivity contribution is 0.00689. The van der Waals surface area contributed by atoms with Crippen LogP contribution < -0.4 is 10.1 Å². The van der Waals surface area contributed by atoms with Gasteiger partial charge in [0, 0.05) is 19.7 Å². The van der Waals surface area contributed by atoms with Gasteiger partial charge < -0.3 is 14.8 Å². The van der Waals surface area contributed by atoms with Crippen molar-refractivity contribution in [3.63, 3.8) is 0 Å². The summed E-state index contributed by atoms with van der Waals surface area (Å²) in [6.07, 6.45) is 2.21. The number of ether oxygens (including phenoxy) is 2. The fourth-order valence-corrected chi connectivity index (χ4v) is 2.51. The number of aromatic nitrogens is 1. The SMILES string of the molecule is CNc1ncc(C)c(CCOc2ccc(F)cc2)c1C(=O)OC(C)(C)C. The van der Waals surface area contributed by atoms with Crippen LogP contribution in [-0.2, 0) is 11.2 Å². The predicted molar refractivity (Wildman–Crippen MR) is 99.3 cm³/mol. The second-order valence-electron chi connectivity index (χ2n) is 6.95. The molecule has 1 heterocycles. The average Bonchev–Trinajstić information content (AvgIpc) is 2.56. The number of carbonyl (C=O) groups is 1. The van der Waals surface area contributed by atoms with Crippen molar-refractivity contribution in [2.75, 3.05) is 19.0 Å². The molecule has 1 aromatic carbocycles. The van der Waals surface area contributed by atoms with Crippen molar-refractivity contribution in [3.8, 4) is 5.75 Å². The first-order valence-electron chi connectivity index (χ1n) is 8.49. The standard InChI is InChI=1S/C20H25FN2O3/c1-13-12-23-18(22-5)17(19(24)26-20(2,3)4)16(13)10-11-25-15-8-6-14(21)7-9-15/h6-9,12H,10-11H2,1-5H3,(H,22,23). The van der Waals surface area contributed by atoms with Crippen molar-refractivity contribution in [1.29, 1.82) is 0 Å². The Labute approximate surface area is 153 Å². The molecule has 0 atom stereocenters. The molecule has 140 valence electrons. The molecule has 0 saturated heterocycles. The minimum Gasteiger partial charge on any atom is -0.493 e. The second-order valence-corrected chi connectivity index (χ2v) is 6.95. The summed E-state index contributed by atoms with van der Waals surface area (Å²) < 4.78 is 24.2. The van der Waals surface area contributed by atoms with Gasteiger partial charge in [0.25, 0.3) is 0 Å². The molecule has 0 spiro atoms. The van der Waals surface area contributed by atoms with Gasteiger partial charge >= 0.3 is 5.97 Å². The van der Waals surface area contributed by atoms with Crippen LogP contribution in [0.15, 0.2) is 30.5 Å². The number of pyridine rings is 1. The molecule has 2 rings (SSSR count). The van der Waals surface area contributed by atoms with Crippen molar-refractivity contribution < 1.29 is 18.7 Å². The zero-order chi connectivity index (χ0) is 19.3. The van der Waals surface area contributed by atoms with E-state index in [0.29, 0.717) is 30.2 Å². The van der Waals surface area contributed by atoms with Crippen molar-refractivity contribution in [2.45, 2.75) is 39.7 Å². The molecule has 5 nitrogen and oxygen atoms in total. The van der Waals surface area contributed by atoms with Crippen LogP contribution in [0, 0.1) is 12.7 Å². The van der Waals surface area contributed by atoms with Crippen LogP contribution in [0.1, 0.15) is 42.3 Å². The second kappa shape index (κ2) is 8.17. The molecule has 0 fully saturated rings. The number of aryl methyl sites for hydroxylation is 1. The Bertz CT molecular complexity index is 768. The summed E-state index contributed by atoms with van der Waals surface area (Å²) in [6, 6.07) is 5.83. The topological polar surface area (TPSA) is 60.5 Å². The van der Waals surface area contributed by atoms with E-state index in [-0.39, 0.29) is 5.82 Å². The Morgan fingerprint density at radius 3 is 2.46 bits per heavy atom. The molecule has 6 heteroatoms. The van der Waals surface area contributed by atoms with Crippen LogP contribution in [0.2, 0.25) is 0 Å². The zero-order valence-corrected chi connectivity index (χ0v) is 15.9. The van der Waals surface area contributed by atoms with Crippen LogP contribution in [0.5, 0.6) is 5.75 Å². The van der Waals surface area contributed by atoms with Gasteiger partial charge in [0.1, 0.15) is 28.5 Å². The number of nitrogens with zero attached hydrogens (tertiary/aromatic N) is 1. The van der Waals surface area contributed by atoms with Crippen LogP contribution in [0.25, 0.3) is 0 Å². The minimum absolute atomic E-state index is 0.312. The monoisotopic (exact) mass is 360 g/mol. The van der Waals surface area contributed by atoms with E-state index < -0.39 is 11.6 Å². The smallest absolute Gasteiger partial charge is 0.342 e. The normalized spacial score (nSPS) is 11.2. The summed E-state index contributed by atoms with van der Waals surface area (Å²) >= 11 is 0. The van der Waals surface area contributed by atoms with E-state index in [1.807, 2.05) is 27.7 Å². The molecule has 0 aliphatic carbocycles. The third kappa shape index (κ3) is 5.18. The summed E-state index contributed by atoms with van der Waals surface area (Å²) in [5, 5.41) is 2.95. The summed E-state index contributed by atoms with van der Waals surface area (Å²) in [6.45, 7) is 7.71. The van der Waals surface area contributed by atoms with Gasteiger partial charge in [-0.15, -0.1) is 0 Å². The molecule has 1 N–H and O–H groups in total. The maximum Gasteiger partial charge on any atom is 0.342 e. The van der Waals surface area contributed by atoms with Gasteiger partial charge in [0.15, 0.2) is 0 Å². The van der Waals surface area contributed by atoms with Crippen LogP contribution in [0.3, 0.4) is 0 Å². The maximum absolute atomic E-state index is 13.0. The van der Waals surface area contributed by atoms with Gasteiger partial charge in [-0.3, -0.25) is 0 Å². The molecular formula is C20H25FN2O3. The number of anilines is 1. The van der Waals surface area contributed by atoms with E-state index in [1.165, 1.54) is 12.1 Å². The van der Waals surface area contributed by atoms with Crippen LogP contribution in [0.4, 0.5) is 10.2 Å². The van der Waals surface area contributed by atoms with E-state index in [0.717, 1.165) is 11.1 Å². The summed E-state index contributed by atoms with van der Waals surface area (Å²) in [4.78, 5) is 17.0. The molecule has 26 heavy (non-hydrogen) atoms. The molecule has 1 aromatic heterocycles. The van der Waals surface area contributed by atoms with Crippen LogP contribution in [-0.4, -0.2) is 30.2 Å². The number of esters is 1. The molecule has 2 aromatic rings. The molecule has 0 amide bonds. The molecule has 0 radical (unpaired) electrons. The molecule has 0 unspecified atom stereocenters. The molecular weight excluding hydrogens is 335 g/mol. The number of hydrogen-bond acceptors (Lipinski definition) is 5. The molecule has 0 aliphatic heterocycles. The highest BCUT2D eigenvalue weighted by Gasteiger charge is 2.25. The third-order valence-electron chi connectivity index (χ3n) is 3.68. The van der Waals surface area contributed by atoms with E-state index in [2.05, 4.69) is 10.3 Å². The first kappa shape index (κ1) is 19.7. The Morgan fingerprint density at radius 1 is 1.23 bits per heavy atom. The van der Waals surface area contributed by atoms with Gasteiger partial charge in [-0.25, -0.2) is 14.2 Å².